The summed E-state index contributed by atoms with van der Waals surface area (Å²) in [7, 11) is 2.85. The van der Waals surface area contributed by atoms with Crippen molar-refractivity contribution in [3.05, 3.63) is 53.1 Å². The molecule has 0 aliphatic carbocycles. The highest BCUT2D eigenvalue weighted by Crippen LogP contribution is 2.40. The Morgan fingerprint density at radius 2 is 1.82 bits per heavy atom. The Bertz CT molecular complexity index is 1200. The number of nitriles is 1. The van der Waals surface area contributed by atoms with E-state index in [0.717, 1.165) is 17.0 Å². The van der Waals surface area contributed by atoms with Crippen molar-refractivity contribution < 1.29 is 27.5 Å². The molecule has 1 saturated heterocycles. The zero-order valence-electron chi connectivity index (χ0n) is 18.1. The van der Waals surface area contributed by atoms with Gasteiger partial charge in [-0.3, -0.25) is 14.5 Å². The van der Waals surface area contributed by atoms with E-state index in [4.69, 9.17) is 22.2 Å². The van der Waals surface area contributed by atoms with E-state index >= 15 is 0 Å². The minimum absolute atomic E-state index is 0.0578. The molecular weight excluding hydrogens is 457 g/mol. The first kappa shape index (κ1) is 24.0. The Labute approximate surface area is 193 Å². The van der Waals surface area contributed by atoms with Gasteiger partial charge < -0.3 is 15.0 Å². The molecule has 0 unspecified atom stereocenters. The standard InChI is InChI=1S/C22H19F3N4O3S/c1-21(2)19(31)28(13-6-5-12(11-26)16(9-13)22(23,24)25)20(33)29(21)14-7-8-15(18(30)27-3)17(10-14)32-4/h5-10H,1-4H3,(H,27,30). The highest BCUT2D eigenvalue weighted by molar-refractivity contribution is 7.81. The number of methoxy groups -OCH3 is 1. The van der Waals surface area contributed by atoms with Gasteiger partial charge >= 0.3 is 6.18 Å². The fourth-order valence-electron chi connectivity index (χ4n) is 3.60. The minimum Gasteiger partial charge on any atom is -0.496 e. The maximum atomic E-state index is 13.5. The Kier molecular flexibility index (Phi) is 6.08. The monoisotopic (exact) mass is 476 g/mol. The molecule has 2 aromatic rings. The molecule has 7 nitrogen and oxygen atoms in total. The number of alkyl halides is 3. The molecule has 1 aliphatic heterocycles. The van der Waals surface area contributed by atoms with Gasteiger partial charge in [-0.2, -0.15) is 18.4 Å². The number of thiocarbonyl (C=S) groups is 1. The zero-order chi connectivity index (χ0) is 24.7. The van der Waals surface area contributed by atoms with Crippen LogP contribution in [0.15, 0.2) is 36.4 Å². The smallest absolute Gasteiger partial charge is 0.417 e. The lowest BCUT2D eigenvalue weighted by molar-refractivity contribution is -0.137. The second kappa shape index (κ2) is 8.37. The van der Waals surface area contributed by atoms with E-state index in [1.165, 1.54) is 43.3 Å². The number of carbonyl (C=O) groups excluding carboxylic acids is 2. The highest BCUT2D eigenvalue weighted by atomic mass is 32.1. The fraction of sp³-hybridized carbons (Fsp3) is 0.273. The maximum Gasteiger partial charge on any atom is 0.417 e. The summed E-state index contributed by atoms with van der Waals surface area (Å²) < 4.78 is 45.7. The van der Waals surface area contributed by atoms with Crippen LogP contribution in [0.1, 0.15) is 35.3 Å². The third-order valence-corrected chi connectivity index (χ3v) is 5.64. The summed E-state index contributed by atoms with van der Waals surface area (Å²) >= 11 is 5.50. The number of anilines is 2. The molecule has 172 valence electrons. The van der Waals surface area contributed by atoms with Crippen LogP contribution in [0.4, 0.5) is 24.5 Å². The Morgan fingerprint density at radius 3 is 2.36 bits per heavy atom. The molecule has 2 amide bonds. The Hall–Kier alpha value is -3.65. The first-order valence-corrected chi connectivity index (χ1v) is 9.99. The van der Waals surface area contributed by atoms with Gasteiger partial charge in [-0.25, -0.2) is 0 Å². The molecule has 1 N–H and O–H groups in total. The first-order valence-electron chi connectivity index (χ1n) is 9.58. The zero-order valence-corrected chi connectivity index (χ0v) is 18.9. The average molecular weight is 476 g/mol. The highest BCUT2D eigenvalue weighted by Gasteiger charge is 2.51. The van der Waals surface area contributed by atoms with Crippen molar-refractivity contribution in [3.63, 3.8) is 0 Å². The molecule has 2 aromatic carbocycles. The summed E-state index contributed by atoms with van der Waals surface area (Å²) in [4.78, 5) is 27.8. The normalized spacial score (nSPS) is 15.5. The second-order valence-electron chi connectivity index (χ2n) is 7.62. The predicted molar refractivity (Wildman–Crippen MR) is 119 cm³/mol. The van der Waals surface area contributed by atoms with E-state index in [1.54, 1.807) is 19.9 Å². The van der Waals surface area contributed by atoms with Gasteiger partial charge in [-0.05, 0) is 56.4 Å². The lowest BCUT2D eigenvalue weighted by Gasteiger charge is -2.30. The van der Waals surface area contributed by atoms with E-state index in [2.05, 4.69) is 5.32 Å². The van der Waals surface area contributed by atoms with Crippen molar-refractivity contribution in [2.24, 2.45) is 0 Å². The quantitative estimate of drug-likeness (QED) is 0.675. The molecule has 1 aliphatic rings. The fourth-order valence-corrected chi connectivity index (χ4v) is 4.12. The van der Waals surface area contributed by atoms with Gasteiger partial charge in [-0.1, -0.05) is 0 Å². The van der Waals surface area contributed by atoms with Crippen molar-refractivity contribution in [1.82, 2.24) is 5.32 Å². The Morgan fingerprint density at radius 1 is 1.18 bits per heavy atom. The third kappa shape index (κ3) is 3.98. The van der Waals surface area contributed by atoms with Gasteiger partial charge in [0.2, 0.25) is 0 Å². The minimum atomic E-state index is -4.79. The lowest BCUT2D eigenvalue weighted by atomic mass is 10.0. The van der Waals surface area contributed by atoms with Crippen molar-refractivity contribution in [1.29, 1.82) is 5.26 Å². The number of amides is 2. The van der Waals surface area contributed by atoms with Crippen molar-refractivity contribution >= 4 is 40.5 Å². The summed E-state index contributed by atoms with van der Waals surface area (Å²) in [5.41, 5.74) is -2.42. The number of halogens is 3. The summed E-state index contributed by atoms with van der Waals surface area (Å²) in [6, 6.07) is 9.09. The predicted octanol–water partition coefficient (Wildman–Crippen LogP) is 3.86. The lowest BCUT2D eigenvalue weighted by Crippen LogP contribution is -2.44. The summed E-state index contributed by atoms with van der Waals surface area (Å²) in [5, 5.41) is 11.5. The topological polar surface area (TPSA) is 85.7 Å². The van der Waals surface area contributed by atoms with Crippen molar-refractivity contribution in [2.75, 3.05) is 24.0 Å². The van der Waals surface area contributed by atoms with E-state index in [-0.39, 0.29) is 28.0 Å². The first-order chi connectivity index (χ1) is 15.4. The maximum absolute atomic E-state index is 13.5. The van der Waals surface area contributed by atoms with Crippen LogP contribution in [0.2, 0.25) is 0 Å². The van der Waals surface area contributed by atoms with Gasteiger partial charge in [0.25, 0.3) is 11.8 Å². The van der Waals surface area contributed by atoms with Gasteiger partial charge in [0.1, 0.15) is 11.3 Å². The van der Waals surface area contributed by atoms with Gasteiger partial charge in [0.15, 0.2) is 5.11 Å². The molecule has 0 aromatic heterocycles. The van der Waals surface area contributed by atoms with Gasteiger partial charge in [0, 0.05) is 18.8 Å². The van der Waals surface area contributed by atoms with Crippen LogP contribution in [-0.2, 0) is 11.0 Å². The summed E-state index contributed by atoms with van der Waals surface area (Å²) in [6.07, 6.45) is -4.79. The largest absolute Gasteiger partial charge is 0.496 e. The van der Waals surface area contributed by atoms with E-state index in [1.807, 2.05) is 0 Å². The Balaban J connectivity index is 2.11. The van der Waals surface area contributed by atoms with Crippen LogP contribution in [-0.4, -0.2) is 36.6 Å². The van der Waals surface area contributed by atoms with Crippen LogP contribution in [0, 0.1) is 11.3 Å². The number of nitrogens with one attached hydrogen (secondary N) is 1. The van der Waals surface area contributed by atoms with E-state index < -0.39 is 28.7 Å². The molecule has 0 saturated carbocycles. The molecule has 1 heterocycles. The van der Waals surface area contributed by atoms with Crippen LogP contribution in [0.25, 0.3) is 0 Å². The molecule has 11 heteroatoms. The number of benzene rings is 2. The van der Waals surface area contributed by atoms with Gasteiger partial charge in [0.05, 0.1) is 35.6 Å². The molecule has 0 spiro atoms. The molecule has 0 radical (unpaired) electrons. The van der Waals surface area contributed by atoms with Crippen molar-refractivity contribution in [2.45, 2.75) is 25.6 Å². The van der Waals surface area contributed by atoms with E-state index in [0.29, 0.717) is 5.69 Å². The molecule has 0 bridgehead atoms. The number of ether oxygens (including phenoxy) is 1. The SMILES string of the molecule is CNC(=O)c1ccc(N2C(=S)N(c3ccc(C#N)c(C(F)(F)F)c3)C(=O)C2(C)C)cc1OC. The second-order valence-corrected chi connectivity index (χ2v) is 7.99. The molecule has 0 atom stereocenters. The number of nitrogens with zero attached hydrogens (tertiary/aromatic N) is 3. The average Bonchev–Trinajstić information content (AvgIpc) is 2.95. The van der Waals surface area contributed by atoms with Gasteiger partial charge in [-0.15, -0.1) is 0 Å². The third-order valence-electron chi connectivity index (χ3n) is 5.27. The number of rotatable bonds is 4. The van der Waals surface area contributed by atoms with Crippen molar-refractivity contribution in [3.8, 4) is 11.8 Å². The summed E-state index contributed by atoms with van der Waals surface area (Å²) in [5.74, 6) is -0.703. The van der Waals surface area contributed by atoms with Crippen LogP contribution < -0.4 is 19.9 Å². The molecule has 1 fully saturated rings. The van der Waals surface area contributed by atoms with Crippen LogP contribution in [0.3, 0.4) is 0 Å². The summed E-state index contributed by atoms with van der Waals surface area (Å²) in [6.45, 7) is 3.16. The number of hydrogen-bond acceptors (Lipinski definition) is 5. The number of hydrogen-bond donors (Lipinski definition) is 1. The van der Waals surface area contributed by atoms with Crippen LogP contribution in [0.5, 0.6) is 5.75 Å². The molecule has 3 rings (SSSR count). The molecular formula is C22H19F3N4O3S. The molecule has 33 heavy (non-hydrogen) atoms. The van der Waals surface area contributed by atoms with E-state index in [9.17, 15) is 22.8 Å². The number of carbonyl (C=O) groups is 2. The van der Waals surface area contributed by atoms with Crippen LogP contribution >= 0.6 is 12.2 Å².